The highest BCUT2D eigenvalue weighted by molar-refractivity contribution is 5.94. The number of nitrogens with one attached hydrogen (secondary N) is 1. The molecule has 2 unspecified atom stereocenters. The first-order chi connectivity index (χ1) is 11.5. The second-order valence-electron chi connectivity index (χ2n) is 6.22. The van der Waals surface area contributed by atoms with Gasteiger partial charge in [-0.25, -0.2) is 0 Å². The fraction of sp³-hybridized carbons (Fsp3) is 0.381. The average Bonchev–Trinajstić information content (AvgIpc) is 2.61. The lowest BCUT2D eigenvalue weighted by Crippen LogP contribution is -2.32. The van der Waals surface area contributed by atoms with Crippen molar-refractivity contribution in [3.8, 4) is 5.75 Å². The van der Waals surface area contributed by atoms with Crippen LogP contribution in [0.1, 0.15) is 50.7 Å². The molecule has 0 bridgehead atoms. The van der Waals surface area contributed by atoms with Gasteiger partial charge in [-0.3, -0.25) is 4.79 Å². The summed E-state index contributed by atoms with van der Waals surface area (Å²) < 4.78 is 6.06. The van der Waals surface area contributed by atoms with Crippen LogP contribution in [0.15, 0.2) is 48.5 Å². The first-order valence-corrected chi connectivity index (χ1v) is 8.68. The van der Waals surface area contributed by atoms with Crippen LogP contribution in [0.2, 0.25) is 0 Å². The van der Waals surface area contributed by atoms with Gasteiger partial charge in [0.25, 0.3) is 5.91 Å². The molecule has 1 N–H and O–H groups in total. The molecule has 0 radical (unpaired) electrons. The number of carbonyl (C=O) groups is 1. The minimum Gasteiger partial charge on any atom is -0.480 e. The molecule has 0 spiro atoms. The van der Waals surface area contributed by atoms with Crippen LogP contribution in [0.25, 0.3) is 0 Å². The second kappa shape index (κ2) is 8.53. The number of ether oxygens (including phenoxy) is 1. The van der Waals surface area contributed by atoms with Gasteiger partial charge in [0.15, 0.2) is 6.10 Å². The number of hydrogen-bond acceptors (Lipinski definition) is 2. The number of hydrogen-bond donors (Lipinski definition) is 1. The third-order valence-electron chi connectivity index (χ3n) is 4.31. The van der Waals surface area contributed by atoms with Gasteiger partial charge in [0.05, 0.1) is 0 Å². The van der Waals surface area contributed by atoms with E-state index in [-0.39, 0.29) is 5.91 Å². The minimum absolute atomic E-state index is 0.111. The molecule has 0 saturated carbocycles. The van der Waals surface area contributed by atoms with Crippen LogP contribution in [0, 0.1) is 6.92 Å². The van der Waals surface area contributed by atoms with Crippen LogP contribution in [0.5, 0.6) is 5.75 Å². The summed E-state index contributed by atoms with van der Waals surface area (Å²) in [5.74, 6) is 1.09. The summed E-state index contributed by atoms with van der Waals surface area (Å²) in [6.45, 7) is 8.32. The smallest absolute Gasteiger partial charge is 0.265 e. The number of carbonyl (C=O) groups excluding carboxylic acids is 1. The van der Waals surface area contributed by atoms with E-state index in [1.807, 2.05) is 56.3 Å². The van der Waals surface area contributed by atoms with Crippen molar-refractivity contribution >= 4 is 11.6 Å². The monoisotopic (exact) mass is 325 g/mol. The SMILES string of the molecule is CCC(Oc1ccccc1C(C)CC)C(=O)Nc1ccc(C)cc1. The van der Waals surface area contributed by atoms with E-state index in [0.717, 1.165) is 23.4 Å². The Morgan fingerprint density at radius 3 is 2.33 bits per heavy atom. The van der Waals surface area contributed by atoms with Crippen molar-refractivity contribution in [1.29, 1.82) is 0 Å². The molecule has 0 fully saturated rings. The predicted molar refractivity (Wildman–Crippen MR) is 99.7 cm³/mol. The van der Waals surface area contributed by atoms with E-state index in [0.29, 0.717) is 12.3 Å². The van der Waals surface area contributed by atoms with Gasteiger partial charge in [-0.2, -0.15) is 0 Å². The molecule has 3 nitrogen and oxygen atoms in total. The third-order valence-corrected chi connectivity index (χ3v) is 4.31. The van der Waals surface area contributed by atoms with Crippen molar-refractivity contribution in [3.63, 3.8) is 0 Å². The van der Waals surface area contributed by atoms with E-state index < -0.39 is 6.10 Å². The van der Waals surface area contributed by atoms with Crippen LogP contribution in [-0.2, 0) is 4.79 Å². The minimum atomic E-state index is -0.503. The molecule has 0 aliphatic rings. The largest absolute Gasteiger partial charge is 0.480 e. The van der Waals surface area contributed by atoms with Gasteiger partial charge in [-0.15, -0.1) is 0 Å². The van der Waals surface area contributed by atoms with Gasteiger partial charge in [0.2, 0.25) is 0 Å². The Morgan fingerprint density at radius 2 is 1.71 bits per heavy atom. The lowest BCUT2D eigenvalue weighted by Gasteiger charge is -2.21. The summed E-state index contributed by atoms with van der Waals surface area (Å²) in [5, 5.41) is 2.94. The van der Waals surface area contributed by atoms with Crippen molar-refractivity contribution in [2.75, 3.05) is 5.32 Å². The first-order valence-electron chi connectivity index (χ1n) is 8.68. The molecule has 0 saturated heterocycles. The summed E-state index contributed by atoms with van der Waals surface area (Å²) in [6, 6.07) is 15.8. The zero-order valence-corrected chi connectivity index (χ0v) is 15.0. The molecule has 2 rings (SSSR count). The summed E-state index contributed by atoms with van der Waals surface area (Å²) in [7, 11) is 0. The maximum atomic E-state index is 12.5. The lowest BCUT2D eigenvalue weighted by molar-refractivity contribution is -0.122. The topological polar surface area (TPSA) is 38.3 Å². The van der Waals surface area contributed by atoms with Crippen molar-refractivity contribution in [2.45, 2.75) is 52.6 Å². The van der Waals surface area contributed by atoms with Crippen LogP contribution in [0.4, 0.5) is 5.69 Å². The van der Waals surface area contributed by atoms with Crippen LogP contribution >= 0.6 is 0 Å². The quantitative estimate of drug-likeness (QED) is 0.749. The zero-order chi connectivity index (χ0) is 17.5. The highest BCUT2D eigenvalue weighted by Gasteiger charge is 2.20. The average molecular weight is 325 g/mol. The Labute approximate surface area is 145 Å². The van der Waals surface area contributed by atoms with Gasteiger partial charge >= 0.3 is 0 Å². The molecule has 2 aromatic rings. The fourth-order valence-electron chi connectivity index (χ4n) is 2.55. The summed E-state index contributed by atoms with van der Waals surface area (Å²) in [4.78, 5) is 12.5. The predicted octanol–water partition coefficient (Wildman–Crippen LogP) is 5.30. The molecule has 0 aromatic heterocycles. The van der Waals surface area contributed by atoms with Crippen molar-refractivity contribution in [2.24, 2.45) is 0 Å². The highest BCUT2D eigenvalue weighted by Crippen LogP contribution is 2.29. The van der Waals surface area contributed by atoms with Crippen LogP contribution in [-0.4, -0.2) is 12.0 Å². The summed E-state index contributed by atoms with van der Waals surface area (Å²) in [6.07, 6.45) is 1.15. The van der Waals surface area contributed by atoms with E-state index in [1.54, 1.807) is 0 Å². The zero-order valence-electron chi connectivity index (χ0n) is 15.0. The Morgan fingerprint density at radius 1 is 1.04 bits per heavy atom. The number of anilines is 1. The number of benzene rings is 2. The normalized spacial score (nSPS) is 13.2. The van der Waals surface area contributed by atoms with E-state index in [1.165, 1.54) is 5.56 Å². The van der Waals surface area contributed by atoms with Gasteiger partial charge < -0.3 is 10.1 Å². The molecular weight excluding hydrogens is 298 g/mol. The molecule has 0 aliphatic heterocycles. The number of para-hydroxylation sites is 1. The molecule has 0 heterocycles. The van der Waals surface area contributed by atoms with Crippen LogP contribution in [0.3, 0.4) is 0 Å². The Bertz CT molecular complexity index is 664. The summed E-state index contributed by atoms with van der Waals surface area (Å²) >= 11 is 0. The molecule has 3 heteroatoms. The van der Waals surface area contributed by atoms with E-state index >= 15 is 0 Å². The van der Waals surface area contributed by atoms with E-state index in [4.69, 9.17) is 4.74 Å². The molecule has 1 amide bonds. The van der Waals surface area contributed by atoms with Crippen molar-refractivity contribution in [1.82, 2.24) is 0 Å². The second-order valence-corrected chi connectivity index (χ2v) is 6.22. The van der Waals surface area contributed by atoms with Gasteiger partial charge in [-0.1, -0.05) is 56.7 Å². The first kappa shape index (κ1) is 18.1. The molecule has 128 valence electrons. The van der Waals surface area contributed by atoms with Crippen molar-refractivity contribution < 1.29 is 9.53 Å². The maximum absolute atomic E-state index is 12.5. The van der Waals surface area contributed by atoms with Gasteiger partial charge in [-0.05, 0) is 49.4 Å². The molecule has 24 heavy (non-hydrogen) atoms. The van der Waals surface area contributed by atoms with Gasteiger partial charge in [0.1, 0.15) is 5.75 Å². The van der Waals surface area contributed by atoms with E-state index in [2.05, 4.69) is 25.2 Å². The maximum Gasteiger partial charge on any atom is 0.265 e. The van der Waals surface area contributed by atoms with E-state index in [9.17, 15) is 4.79 Å². The molecular formula is C21H27NO2. The highest BCUT2D eigenvalue weighted by atomic mass is 16.5. The van der Waals surface area contributed by atoms with Crippen LogP contribution < -0.4 is 10.1 Å². The summed E-state index contributed by atoms with van der Waals surface area (Å²) in [5.41, 5.74) is 3.11. The lowest BCUT2D eigenvalue weighted by atomic mass is 9.98. The Balaban J connectivity index is 2.11. The fourth-order valence-corrected chi connectivity index (χ4v) is 2.55. The Hall–Kier alpha value is -2.29. The number of rotatable bonds is 7. The van der Waals surface area contributed by atoms with Crippen molar-refractivity contribution in [3.05, 3.63) is 59.7 Å². The van der Waals surface area contributed by atoms with Gasteiger partial charge in [0, 0.05) is 5.69 Å². The standard InChI is InChI=1S/C21H27NO2/c1-5-16(4)18-9-7-8-10-20(18)24-19(6-2)21(23)22-17-13-11-15(3)12-14-17/h7-14,16,19H,5-6H2,1-4H3,(H,22,23). The number of amides is 1. The third kappa shape index (κ3) is 4.60. The number of aryl methyl sites for hydroxylation is 1. The molecule has 2 aromatic carbocycles. The Kier molecular flexibility index (Phi) is 6.42. The molecule has 2 atom stereocenters. The molecule has 0 aliphatic carbocycles.